The molecule has 2 saturated heterocycles. The SMILES string of the molecule is C[C@H](O)[C@@H](NC(=O)C1=C[C@H]2OC(C3CC3)(C3CC3)O[C@H]2[C@H](OC(=O)c2cccc(C=CC3CCC4OC4C3)c2)C1)C(=O)NCCO. The number of hydrogen-bond acceptors (Lipinski definition) is 9. The van der Waals surface area contributed by atoms with Crippen LogP contribution in [0.3, 0.4) is 0 Å². The Hall–Kier alpha value is -3.09. The van der Waals surface area contributed by atoms with Crippen LogP contribution in [0.1, 0.15) is 74.2 Å². The lowest BCUT2D eigenvalue weighted by atomic mass is 9.88. The highest BCUT2D eigenvalue weighted by Crippen LogP contribution is 2.59. The lowest BCUT2D eigenvalue weighted by Crippen LogP contribution is -2.54. The molecule has 2 heterocycles. The van der Waals surface area contributed by atoms with Crippen LogP contribution >= 0.6 is 0 Å². The molecule has 11 nitrogen and oxygen atoms in total. The first-order valence-electron chi connectivity index (χ1n) is 16.8. The van der Waals surface area contributed by atoms with Gasteiger partial charge in [0, 0.05) is 30.4 Å². The number of amides is 2. The van der Waals surface area contributed by atoms with Gasteiger partial charge in [0.2, 0.25) is 11.8 Å². The Morgan fingerprint density at radius 2 is 1.87 bits per heavy atom. The molecule has 0 spiro atoms. The van der Waals surface area contributed by atoms with Crippen LogP contribution < -0.4 is 10.6 Å². The van der Waals surface area contributed by atoms with E-state index in [0.29, 0.717) is 23.7 Å². The van der Waals surface area contributed by atoms with Crippen LogP contribution in [0.5, 0.6) is 0 Å². The van der Waals surface area contributed by atoms with E-state index >= 15 is 0 Å². The molecular formula is C35H44N2O9. The second-order valence-corrected chi connectivity index (χ2v) is 13.8. The van der Waals surface area contributed by atoms with Gasteiger partial charge < -0.3 is 39.8 Å². The van der Waals surface area contributed by atoms with E-state index in [-0.39, 0.29) is 37.0 Å². The number of aliphatic hydroxyl groups is 2. The summed E-state index contributed by atoms with van der Waals surface area (Å²) in [6.45, 7) is 1.12. The summed E-state index contributed by atoms with van der Waals surface area (Å²) in [5, 5.41) is 24.4. The normalized spacial score (nSPS) is 32.5. The third kappa shape index (κ3) is 6.66. The average molecular weight is 637 g/mol. The predicted octanol–water partition coefficient (Wildman–Crippen LogP) is 2.40. The molecular weight excluding hydrogens is 592 g/mol. The van der Waals surface area contributed by atoms with Crippen LogP contribution in [0, 0.1) is 17.8 Å². The number of ether oxygens (including phenoxy) is 4. The number of esters is 1. The van der Waals surface area contributed by atoms with E-state index in [9.17, 15) is 19.5 Å². The fourth-order valence-corrected chi connectivity index (χ4v) is 7.33. The number of benzene rings is 1. The van der Waals surface area contributed by atoms with E-state index in [1.807, 2.05) is 18.2 Å². The molecule has 6 aliphatic rings. The van der Waals surface area contributed by atoms with Crippen LogP contribution in [0.2, 0.25) is 0 Å². The van der Waals surface area contributed by atoms with Crippen molar-refractivity contribution in [3.63, 3.8) is 0 Å². The summed E-state index contributed by atoms with van der Waals surface area (Å²) in [7, 11) is 0. The largest absolute Gasteiger partial charge is 0.456 e. The van der Waals surface area contributed by atoms with Gasteiger partial charge in [-0.25, -0.2) is 4.79 Å². The van der Waals surface area contributed by atoms with E-state index in [1.54, 1.807) is 12.1 Å². The summed E-state index contributed by atoms with van der Waals surface area (Å²) in [5.74, 6) is -1.44. The Morgan fingerprint density at radius 3 is 2.57 bits per heavy atom. The summed E-state index contributed by atoms with van der Waals surface area (Å²) in [5.41, 5.74) is 1.59. The van der Waals surface area contributed by atoms with Crippen molar-refractivity contribution in [1.82, 2.24) is 10.6 Å². The number of rotatable bonds is 12. The van der Waals surface area contributed by atoms with Crippen molar-refractivity contribution >= 4 is 23.9 Å². The number of epoxide rings is 1. The summed E-state index contributed by atoms with van der Waals surface area (Å²) in [6.07, 6.45) is 10.9. The number of carbonyl (C=O) groups is 3. The van der Waals surface area contributed by atoms with Gasteiger partial charge >= 0.3 is 5.97 Å². The third-order valence-corrected chi connectivity index (χ3v) is 10.2. The molecule has 8 atom stereocenters. The van der Waals surface area contributed by atoms with Gasteiger partial charge in [-0.05, 0) is 81.6 Å². The van der Waals surface area contributed by atoms with Crippen LogP contribution in [0.4, 0.5) is 0 Å². The van der Waals surface area contributed by atoms with E-state index in [4.69, 9.17) is 24.1 Å². The van der Waals surface area contributed by atoms with E-state index in [2.05, 4.69) is 22.8 Å². The maximum absolute atomic E-state index is 13.6. The molecule has 11 heteroatoms. The second-order valence-electron chi connectivity index (χ2n) is 13.8. The Bertz CT molecular complexity index is 1390. The first-order valence-corrected chi connectivity index (χ1v) is 16.8. The Morgan fingerprint density at radius 1 is 1.09 bits per heavy atom. The molecule has 2 amide bonds. The minimum Gasteiger partial charge on any atom is -0.456 e. The van der Waals surface area contributed by atoms with Crippen LogP contribution in [0.25, 0.3) is 6.08 Å². The first kappa shape index (κ1) is 31.5. The molecule has 46 heavy (non-hydrogen) atoms. The number of hydrogen-bond donors (Lipinski definition) is 4. The molecule has 248 valence electrons. The zero-order chi connectivity index (χ0) is 32.0. The minimum atomic E-state index is -1.24. The molecule has 3 saturated carbocycles. The van der Waals surface area contributed by atoms with Gasteiger partial charge in [0.15, 0.2) is 5.79 Å². The van der Waals surface area contributed by atoms with Gasteiger partial charge in [0.25, 0.3) is 0 Å². The Kier molecular flexibility index (Phi) is 8.79. The first-order chi connectivity index (χ1) is 22.2. The van der Waals surface area contributed by atoms with E-state index in [0.717, 1.165) is 50.5 Å². The smallest absolute Gasteiger partial charge is 0.338 e. The molecule has 7 rings (SSSR count). The van der Waals surface area contributed by atoms with Crippen molar-refractivity contribution < 1.29 is 43.5 Å². The molecule has 5 fully saturated rings. The van der Waals surface area contributed by atoms with Crippen molar-refractivity contribution in [3.8, 4) is 0 Å². The second kappa shape index (κ2) is 12.8. The van der Waals surface area contributed by atoms with Gasteiger partial charge in [-0.2, -0.15) is 0 Å². The van der Waals surface area contributed by atoms with Crippen LogP contribution in [-0.2, 0) is 28.5 Å². The van der Waals surface area contributed by atoms with Crippen LogP contribution in [-0.4, -0.2) is 89.6 Å². The van der Waals surface area contributed by atoms with Gasteiger partial charge in [0.1, 0.15) is 24.4 Å². The highest BCUT2D eigenvalue weighted by molar-refractivity contribution is 5.97. The lowest BCUT2D eigenvalue weighted by Gasteiger charge is -2.31. The minimum absolute atomic E-state index is 0.00852. The quantitative estimate of drug-likeness (QED) is 0.200. The van der Waals surface area contributed by atoms with Crippen molar-refractivity contribution in [2.45, 2.75) is 107 Å². The topological polar surface area (TPSA) is 156 Å². The van der Waals surface area contributed by atoms with Crippen molar-refractivity contribution in [1.29, 1.82) is 0 Å². The zero-order valence-corrected chi connectivity index (χ0v) is 26.1. The number of nitrogens with one attached hydrogen (secondary N) is 2. The monoisotopic (exact) mass is 636 g/mol. The van der Waals surface area contributed by atoms with Gasteiger partial charge in [-0.15, -0.1) is 0 Å². The summed E-state index contributed by atoms with van der Waals surface area (Å²) in [6, 6.07) is 6.08. The van der Waals surface area contributed by atoms with Gasteiger partial charge in [0.05, 0.1) is 30.5 Å². The highest BCUT2D eigenvalue weighted by atomic mass is 16.8. The van der Waals surface area contributed by atoms with E-state index in [1.165, 1.54) is 6.92 Å². The summed E-state index contributed by atoms with van der Waals surface area (Å²) in [4.78, 5) is 39.7. The third-order valence-electron chi connectivity index (χ3n) is 10.2. The molecule has 3 unspecified atom stereocenters. The number of carbonyl (C=O) groups excluding carboxylic acids is 3. The van der Waals surface area contributed by atoms with Crippen molar-refractivity contribution in [3.05, 3.63) is 53.1 Å². The maximum atomic E-state index is 13.6. The number of fused-ring (bicyclic) bond motifs is 2. The lowest BCUT2D eigenvalue weighted by molar-refractivity contribution is -0.209. The molecule has 1 aromatic carbocycles. The fourth-order valence-electron chi connectivity index (χ4n) is 7.33. The standard InChI is InChI=1S/C35H44N2O9/c1-19(39)30(33(41)36-13-14-38)37-32(40)23-17-28(31-29(18-23)45-35(46-31,24-8-9-24)25-10-11-25)44-34(42)22-4-2-3-20(15-22)5-6-21-7-12-26-27(16-21)43-26/h2-6,15,18-19,21,24-31,38-39H,7-14,16-17H2,1H3,(H,36,41)(H,37,40)/t19-,21?,26?,27?,28+,29+,30+,31-/m0/s1. The molecule has 0 aromatic heterocycles. The van der Waals surface area contributed by atoms with Crippen molar-refractivity contribution in [2.24, 2.45) is 17.8 Å². The fraction of sp³-hybridized carbons (Fsp3) is 0.629. The van der Waals surface area contributed by atoms with E-state index < -0.39 is 54.0 Å². The van der Waals surface area contributed by atoms with Crippen LogP contribution in [0.15, 0.2) is 42.0 Å². The molecule has 4 aliphatic carbocycles. The molecule has 0 bridgehead atoms. The number of aliphatic hydroxyl groups excluding tert-OH is 2. The summed E-state index contributed by atoms with van der Waals surface area (Å²) >= 11 is 0. The number of allylic oxidation sites excluding steroid dienone is 1. The maximum Gasteiger partial charge on any atom is 0.338 e. The van der Waals surface area contributed by atoms with Crippen molar-refractivity contribution in [2.75, 3.05) is 13.2 Å². The highest BCUT2D eigenvalue weighted by Gasteiger charge is 2.64. The predicted molar refractivity (Wildman–Crippen MR) is 165 cm³/mol. The molecule has 1 aromatic rings. The molecule has 4 N–H and O–H groups in total. The van der Waals surface area contributed by atoms with Gasteiger partial charge in [-0.3, -0.25) is 9.59 Å². The Labute approximate surface area is 268 Å². The summed E-state index contributed by atoms with van der Waals surface area (Å²) < 4.78 is 25.1. The Balaban J connectivity index is 1.08. The zero-order valence-electron chi connectivity index (χ0n) is 26.1. The average Bonchev–Trinajstić information content (AvgIpc) is 3.91. The molecule has 0 radical (unpaired) electrons. The molecule has 2 aliphatic heterocycles. The van der Waals surface area contributed by atoms with Gasteiger partial charge in [-0.1, -0.05) is 24.3 Å².